The van der Waals surface area contributed by atoms with Crippen molar-refractivity contribution >= 4 is 5.69 Å². The van der Waals surface area contributed by atoms with Crippen molar-refractivity contribution in [2.24, 2.45) is 0 Å². The van der Waals surface area contributed by atoms with Crippen molar-refractivity contribution in [1.29, 1.82) is 0 Å². The Morgan fingerprint density at radius 2 is 2.29 bits per heavy atom. The van der Waals surface area contributed by atoms with E-state index < -0.39 is 0 Å². The first-order valence-electron chi connectivity index (χ1n) is 5.03. The number of ether oxygens (including phenoxy) is 1. The second kappa shape index (κ2) is 3.98. The van der Waals surface area contributed by atoms with E-state index in [0.717, 1.165) is 24.3 Å². The highest BCUT2D eigenvalue weighted by molar-refractivity contribution is 5.47. The van der Waals surface area contributed by atoms with E-state index in [4.69, 9.17) is 10.5 Å². The summed E-state index contributed by atoms with van der Waals surface area (Å²) in [7, 11) is 0. The van der Waals surface area contributed by atoms with Crippen LogP contribution in [0.3, 0.4) is 0 Å². The van der Waals surface area contributed by atoms with Crippen LogP contribution in [0.25, 0.3) is 0 Å². The minimum absolute atomic E-state index is 0.0267. The van der Waals surface area contributed by atoms with E-state index in [0.29, 0.717) is 6.04 Å². The van der Waals surface area contributed by atoms with Crippen LogP contribution in [0.15, 0.2) is 24.3 Å². The molecule has 0 bridgehead atoms. The maximum atomic E-state index is 5.87. The predicted octanol–water partition coefficient (Wildman–Crippen LogP) is 1.67. The molecule has 3 heteroatoms. The van der Waals surface area contributed by atoms with Crippen LogP contribution in [0.1, 0.15) is 25.1 Å². The number of anilines is 1. The molecule has 0 aromatic heterocycles. The van der Waals surface area contributed by atoms with Gasteiger partial charge in [-0.3, -0.25) is 5.32 Å². The molecular weight excluding hydrogens is 176 g/mol. The molecule has 0 radical (unpaired) electrons. The van der Waals surface area contributed by atoms with Crippen LogP contribution < -0.4 is 11.1 Å². The summed E-state index contributed by atoms with van der Waals surface area (Å²) in [4.78, 5) is 0. The molecular formula is C11H16N2O. The van der Waals surface area contributed by atoms with Crippen LogP contribution in [-0.2, 0) is 4.74 Å². The summed E-state index contributed by atoms with van der Waals surface area (Å²) < 4.78 is 5.63. The van der Waals surface area contributed by atoms with Gasteiger partial charge >= 0.3 is 0 Å². The maximum Gasteiger partial charge on any atom is 0.136 e. The fourth-order valence-corrected chi connectivity index (χ4v) is 1.69. The van der Waals surface area contributed by atoms with Crippen LogP contribution in [0, 0.1) is 0 Å². The van der Waals surface area contributed by atoms with Gasteiger partial charge in [-0.2, -0.15) is 0 Å². The smallest absolute Gasteiger partial charge is 0.136 e. The van der Waals surface area contributed by atoms with E-state index >= 15 is 0 Å². The number of nitrogens with one attached hydrogen (secondary N) is 1. The Kier molecular flexibility index (Phi) is 2.70. The summed E-state index contributed by atoms with van der Waals surface area (Å²) in [6, 6.07) is 8.28. The molecule has 1 aromatic carbocycles. The van der Waals surface area contributed by atoms with E-state index in [1.165, 1.54) is 0 Å². The van der Waals surface area contributed by atoms with Crippen LogP contribution in [0.2, 0.25) is 0 Å². The monoisotopic (exact) mass is 192 g/mol. The molecule has 2 unspecified atom stereocenters. The molecule has 1 aromatic rings. The van der Waals surface area contributed by atoms with Gasteiger partial charge in [-0.15, -0.1) is 0 Å². The van der Waals surface area contributed by atoms with E-state index in [1.54, 1.807) is 0 Å². The number of rotatable bonds is 2. The molecule has 3 nitrogen and oxygen atoms in total. The highest BCUT2D eigenvalue weighted by atomic mass is 16.5. The lowest BCUT2D eigenvalue weighted by Gasteiger charge is -2.13. The van der Waals surface area contributed by atoms with Crippen molar-refractivity contribution in [3.05, 3.63) is 29.8 Å². The molecule has 0 amide bonds. The first-order chi connectivity index (χ1) is 6.81. The Morgan fingerprint density at radius 3 is 2.93 bits per heavy atom. The van der Waals surface area contributed by atoms with E-state index in [1.807, 2.05) is 24.3 Å². The second-order valence-electron chi connectivity index (χ2n) is 3.61. The summed E-state index contributed by atoms with van der Waals surface area (Å²) in [5, 5.41) is 3.40. The van der Waals surface area contributed by atoms with Gasteiger partial charge in [0.2, 0.25) is 0 Å². The van der Waals surface area contributed by atoms with Crippen LogP contribution in [-0.4, -0.2) is 12.6 Å². The Labute approximate surface area is 84.3 Å². The van der Waals surface area contributed by atoms with E-state index in [9.17, 15) is 0 Å². The molecule has 3 N–H and O–H groups in total. The average Bonchev–Trinajstić information content (AvgIpc) is 2.67. The van der Waals surface area contributed by atoms with Gasteiger partial charge in [-0.05, 0) is 12.5 Å². The van der Waals surface area contributed by atoms with Gasteiger partial charge in [0.15, 0.2) is 0 Å². The summed E-state index contributed by atoms with van der Waals surface area (Å²) in [5.41, 5.74) is 7.71. The first-order valence-corrected chi connectivity index (χ1v) is 5.03. The van der Waals surface area contributed by atoms with Crippen molar-refractivity contribution < 1.29 is 4.74 Å². The van der Waals surface area contributed by atoms with Crippen LogP contribution in [0.4, 0.5) is 5.69 Å². The largest absolute Gasteiger partial charge is 0.398 e. The quantitative estimate of drug-likeness (QED) is 0.701. The highest BCUT2D eigenvalue weighted by Gasteiger charge is 2.25. The minimum Gasteiger partial charge on any atom is -0.398 e. The van der Waals surface area contributed by atoms with Gasteiger partial charge < -0.3 is 10.5 Å². The highest BCUT2D eigenvalue weighted by Crippen LogP contribution is 2.25. The third kappa shape index (κ3) is 1.74. The molecule has 1 saturated heterocycles. The Hall–Kier alpha value is -1.06. The Morgan fingerprint density at radius 1 is 1.50 bits per heavy atom. The summed E-state index contributed by atoms with van der Waals surface area (Å²) in [6.07, 6.45) is 1.06. The van der Waals surface area contributed by atoms with Gasteiger partial charge in [0.25, 0.3) is 0 Å². The molecule has 76 valence electrons. The maximum absolute atomic E-state index is 5.87. The lowest BCUT2D eigenvalue weighted by atomic mass is 10.1. The zero-order valence-corrected chi connectivity index (χ0v) is 8.36. The lowest BCUT2D eigenvalue weighted by molar-refractivity contribution is 0.101. The van der Waals surface area contributed by atoms with E-state index in [2.05, 4.69) is 12.2 Å². The molecule has 1 aliphatic heterocycles. The number of nitrogens with two attached hydrogens (primary N) is 1. The van der Waals surface area contributed by atoms with E-state index in [-0.39, 0.29) is 6.23 Å². The molecule has 1 aliphatic rings. The third-order valence-corrected chi connectivity index (χ3v) is 2.62. The molecule has 2 rings (SSSR count). The lowest BCUT2D eigenvalue weighted by Crippen LogP contribution is -2.25. The molecule has 14 heavy (non-hydrogen) atoms. The SMILES string of the molecule is CCC1COC(c2ccccc2N)N1. The predicted molar refractivity (Wildman–Crippen MR) is 56.8 cm³/mol. The number of nitrogen functional groups attached to an aromatic ring is 1. The van der Waals surface area contributed by atoms with Gasteiger partial charge in [-0.25, -0.2) is 0 Å². The second-order valence-corrected chi connectivity index (χ2v) is 3.61. The van der Waals surface area contributed by atoms with Crippen LogP contribution in [0.5, 0.6) is 0 Å². The molecule has 1 heterocycles. The van der Waals surface area contributed by atoms with Gasteiger partial charge in [0.05, 0.1) is 6.61 Å². The molecule has 1 fully saturated rings. The number of hydrogen-bond donors (Lipinski definition) is 2. The van der Waals surface area contributed by atoms with Crippen molar-refractivity contribution in [3.8, 4) is 0 Å². The number of para-hydroxylation sites is 1. The average molecular weight is 192 g/mol. The number of hydrogen-bond acceptors (Lipinski definition) is 3. The molecule has 0 spiro atoms. The molecule has 0 aliphatic carbocycles. The van der Waals surface area contributed by atoms with Crippen molar-refractivity contribution in [1.82, 2.24) is 5.32 Å². The zero-order chi connectivity index (χ0) is 9.97. The zero-order valence-electron chi connectivity index (χ0n) is 8.36. The molecule has 0 saturated carbocycles. The van der Waals surface area contributed by atoms with Gasteiger partial charge in [0.1, 0.15) is 6.23 Å². The van der Waals surface area contributed by atoms with Gasteiger partial charge in [-0.1, -0.05) is 25.1 Å². The third-order valence-electron chi connectivity index (χ3n) is 2.62. The van der Waals surface area contributed by atoms with Gasteiger partial charge in [0, 0.05) is 17.3 Å². The Bertz CT molecular complexity index is 314. The normalized spacial score (nSPS) is 26.6. The summed E-state index contributed by atoms with van der Waals surface area (Å²) >= 11 is 0. The van der Waals surface area contributed by atoms with Crippen molar-refractivity contribution in [3.63, 3.8) is 0 Å². The minimum atomic E-state index is -0.0267. The Balaban J connectivity index is 2.13. The summed E-state index contributed by atoms with van der Waals surface area (Å²) in [6.45, 7) is 2.92. The standard InChI is InChI=1S/C11H16N2O/c1-2-8-7-14-11(13-8)9-5-3-4-6-10(9)12/h3-6,8,11,13H,2,7,12H2,1H3. The number of benzene rings is 1. The summed E-state index contributed by atoms with van der Waals surface area (Å²) in [5.74, 6) is 0. The fraction of sp³-hybridized carbons (Fsp3) is 0.455. The molecule has 2 atom stereocenters. The van der Waals surface area contributed by atoms with Crippen LogP contribution >= 0.6 is 0 Å². The first kappa shape index (κ1) is 9.49. The fourth-order valence-electron chi connectivity index (χ4n) is 1.69. The van der Waals surface area contributed by atoms with Crippen molar-refractivity contribution in [2.45, 2.75) is 25.6 Å². The topological polar surface area (TPSA) is 47.3 Å². The van der Waals surface area contributed by atoms with Crippen molar-refractivity contribution in [2.75, 3.05) is 12.3 Å².